The van der Waals surface area contributed by atoms with Gasteiger partial charge in [-0.15, -0.1) is 0 Å². The van der Waals surface area contributed by atoms with Crippen molar-refractivity contribution in [3.8, 4) is 5.75 Å². The van der Waals surface area contributed by atoms with Crippen LogP contribution in [0, 0.1) is 5.82 Å². The van der Waals surface area contributed by atoms with Crippen LogP contribution in [-0.2, 0) is 6.42 Å². The third-order valence-corrected chi connectivity index (χ3v) is 1.70. The monoisotopic (exact) mass is 200 g/mol. The highest BCUT2D eigenvalue weighted by molar-refractivity contribution is 6.29. The minimum atomic E-state index is -0.327. The molecule has 0 aromatic heterocycles. The maximum atomic E-state index is 12.9. The molecule has 0 radical (unpaired) electrons. The Morgan fingerprint density at radius 1 is 1.54 bits per heavy atom. The first-order chi connectivity index (χ1) is 6.11. The molecule has 0 amide bonds. The number of hydrogen-bond acceptors (Lipinski definition) is 1. The fourth-order valence-electron chi connectivity index (χ4n) is 1.06. The lowest BCUT2D eigenvalue weighted by atomic mass is 10.1. The van der Waals surface area contributed by atoms with Crippen molar-refractivity contribution in [3.63, 3.8) is 0 Å². The molecular weight excluding hydrogens is 191 g/mol. The van der Waals surface area contributed by atoms with E-state index in [0.29, 0.717) is 17.2 Å². The van der Waals surface area contributed by atoms with Crippen LogP contribution in [-0.4, -0.2) is 7.11 Å². The Bertz CT molecular complexity index is 323. The Labute approximate surface area is 81.8 Å². The van der Waals surface area contributed by atoms with Gasteiger partial charge in [-0.3, -0.25) is 0 Å². The summed E-state index contributed by atoms with van der Waals surface area (Å²) in [7, 11) is 1.49. The molecule has 1 nitrogen and oxygen atoms in total. The van der Waals surface area contributed by atoms with Crippen molar-refractivity contribution in [2.45, 2.75) is 6.42 Å². The predicted molar refractivity (Wildman–Crippen MR) is 51.6 cm³/mol. The molecule has 0 saturated heterocycles. The first kappa shape index (κ1) is 10.1. The average molecular weight is 201 g/mol. The van der Waals surface area contributed by atoms with Crippen LogP contribution in [0.4, 0.5) is 4.39 Å². The molecule has 0 aliphatic rings. The first-order valence-electron chi connectivity index (χ1n) is 3.78. The second-order valence-corrected chi connectivity index (χ2v) is 3.23. The van der Waals surface area contributed by atoms with Gasteiger partial charge in [0.05, 0.1) is 7.11 Å². The second-order valence-electron chi connectivity index (χ2n) is 2.69. The van der Waals surface area contributed by atoms with Crippen LogP contribution in [0.3, 0.4) is 0 Å². The lowest BCUT2D eigenvalue weighted by Crippen LogP contribution is -1.90. The van der Waals surface area contributed by atoms with Crippen LogP contribution >= 0.6 is 11.6 Å². The zero-order valence-corrected chi connectivity index (χ0v) is 8.07. The summed E-state index contributed by atoms with van der Waals surface area (Å²) in [5, 5.41) is 0.479. The largest absolute Gasteiger partial charge is 0.497 e. The molecule has 1 aromatic rings. The highest BCUT2D eigenvalue weighted by atomic mass is 35.5. The van der Waals surface area contributed by atoms with Crippen LogP contribution in [0.25, 0.3) is 0 Å². The fraction of sp³-hybridized carbons (Fsp3) is 0.200. The summed E-state index contributed by atoms with van der Waals surface area (Å²) in [6.07, 6.45) is 0.454. The van der Waals surface area contributed by atoms with Gasteiger partial charge >= 0.3 is 0 Å². The number of allylic oxidation sites excluding steroid dienone is 1. The second kappa shape index (κ2) is 4.28. The molecular formula is C10H10ClFO. The summed E-state index contributed by atoms with van der Waals surface area (Å²) < 4.78 is 17.8. The van der Waals surface area contributed by atoms with E-state index in [1.54, 1.807) is 6.07 Å². The van der Waals surface area contributed by atoms with Crippen molar-refractivity contribution in [1.82, 2.24) is 0 Å². The maximum Gasteiger partial charge on any atom is 0.127 e. The minimum absolute atomic E-state index is 0.327. The molecule has 1 aromatic carbocycles. The van der Waals surface area contributed by atoms with Crippen molar-refractivity contribution >= 4 is 11.6 Å². The van der Waals surface area contributed by atoms with E-state index in [2.05, 4.69) is 6.58 Å². The number of hydrogen-bond donors (Lipinski definition) is 0. The molecule has 0 atom stereocenters. The summed E-state index contributed by atoms with van der Waals surface area (Å²) in [5.74, 6) is 0.167. The molecule has 0 aliphatic heterocycles. The van der Waals surface area contributed by atoms with Crippen molar-refractivity contribution in [1.29, 1.82) is 0 Å². The van der Waals surface area contributed by atoms with Gasteiger partial charge in [0.25, 0.3) is 0 Å². The van der Waals surface area contributed by atoms with Crippen molar-refractivity contribution < 1.29 is 9.13 Å². The summed E-state index contributed by atoms with van der Waals surface area (Å²) >= 11 is 5.60. The van der Waals surface area contributed by atoms with E-state index < -0.39 is 0 Å². The Morgan fingerprint density at radius 2 is 2.23 bits per heavy atom. The number of methoxy groups -OCH3 is 1. The van der Waals surface area contributed by atoms with Gasteiger partial charge in [-0.1, -0.05) is 18.2 Å². The summed E-state index contributed by atoms with van der Waals surface area (Å²) in [6.45, 7) is 3.54. The summed E-state index contributed by atoms with van der Waals surface area (Å²) in [4.78, 5) is 0. The third kappa shape index (κ3) is 3.07. The van der Waals surface area contributed by atoms with Crippen LogP contribution in [0.5, 0.6) is 5.75 Å². The first-order valence-corrected chi connectivity index (χ1v) is 4.16. The van der Waals surface area contributed by atoms with Gasteiger partial charge in [-0.2, -0.15) is 0 Å². The molecule has 1 rings (SSSR count). The number of benzene rings is 1. The van der Waals surface area contributed by atoms with Gasteiger partial charge in [0.2, 0.25) is 0 Å². The highest BCUT2D eigenvalue weighted by Gasteiger charge is 2.01. The topological polar surface area (TPSA) is 9.23 Å². The normalized spacial score (nSPS) is 9.77. The molecule has 13 heavy (non-hydrogen) atoms. The molecule has 0 heterocycles. The van der Waals surface area contributed by atoms with E-state index in [-0.39, 0.29) is 5.82 Å². The maximum absolute atomic E-state index is 12.9. The summed E-state index contributed by atoms with van der Waals surface area (Å²) in [5.41, 5.74) is 0.761. The number of halogens is 2. The van der Waals surface area contributed by atoms with E-state index in [1.165, 1.54) is 19.2 Å². The van der Waals surface area contributed by atoms with Gasteiger partial charge in [0.15, 0.2) is 0 Å². The van der Waals surface area contributed by atoms with Gasteiger partial charge < -0.3 is 4.74 Å². The molecule has 0 fully saturated rings. The smallest absolute Gasteiger partial charge is 0.127 e. The van der Waals surface area contributed by atoms with Crippen LogP contribution < -0.4 is 4.74 Å². The average Bonchev–Trinajstić information content (AvgIpc) is 2.01. The zero-order chi connectivity index (χ0) is 9.84. The van der Waals surface area contributed by atoms with E-state index in [0.717, 1.165) is 5.56 Å². The van der Waals surface area contributed by atoms with E-state index in [9.17, 15) is 4.39 Å². The summed E-state index contributed by atoms with van der Waals surface area (Å²) in [6, 6.07) is 4.47. The Hall–Kier alpha value is -1.02. The molecule has 0 saturated carbocycles. The van der Waals surface area contributed by atoms with Gasteiger partial charge in [0.1, 0.15) is 11.6 Å². The predicted octanol–water partition coefficient (Wildman–Crippen LogP) is 3.13. The van der Waals surface area contributed by atoms with Crippen LogP contribution in [0.2, 0.25) is 0 Å². The fourth-order valence-corrected chi connectivity index (χ4v) is 1.22. The molecule has 0 spiro atoms. The van der Waals surface area contributed by atoms with Crippen molar-refractivity contribution in [3.05, 3.63) is 41.2 Å². The number of ether oxygens (including phenoxy) is 1. The van der Waals surface area contributed by atoms with Gasteiger partial charge in [-0.05, 0) is 17.7 Å². The molecule has 3 heteroatoms. The SMILES string of the molecule is C=C(Cl)Cc1cc(F)cc(OC)c1. The molecule has 70 valence electrons. The Balaban J connectivity index is 2.94. The molecule has 0 unspecified atom stereocenters. The highest BCUT2D eigenvalue weighted by Crippen LogP contribution is 2.18. The standard InChI is InChI=1S/C10H10ClFO/c1-7(11)3-8-4-9(12)6-10(5-8)13-2/h4-6H,1,3H2,2H3. The van der Waals surface area contributed by atoms with Crippen LogP contribution in [0.1, 0.15) is 5.56 Å². The van der Waals surface area contributed by atoms with Gasteiger partial charge in [0, 0.05) is 17.5 Å². The molecule has 0 aliphatic carbocycles. The molecule has 0 N–H and O–H groups in total. The van der Waals surface area contributed by atoms with Crippen molar-refractivity contribution in [2.75, 3.05) is 7.11 Å². The quantitative estimate of drug-likeness (QED) is 0.729. The van der Waals surface area contributed by atoms with E-state index >= 15 is 0 Å². The minimum Gasteiger partial charge on any atom is -0.497 e. The van der Waals surface area contributed by atoms with E-state index in [1.807, 2.05) is 0 Å². The van der Waals surface area contributed by atoms with Crippen LogP contribution in [0.15, 0.2) is 29.8 Å². The lowest BCUT2D eigenvalue weighted by Gasteiger charge is -2.03. The van der Waals surface area contributed by atoms with Crippen molar-refractivity contribution in [2.24, 2.45) is 0 Å². The van der Waals surface area contributed by atoms with E-state index in [4.69, 9.17) is 16.3 Å². The van der Waals surface area contributed by atoms with Gasteiger partial charge in [-0.25, -0.2) is 4.39 Å². The Morgan fingerprint density at radius 3 is 2.77 bits per heavy atom. The molecule has 0 bridgehead atoms. The lowest BCUT2D eigenvalue weighted by molar-refractivity contribution is 0.410. The third-order valence-electron chi connectivity index (χ3n) is 1.56. The zero-order valence-electron chi connectivity index (χ0n) is 7.31. The Kier molecular flexibility index (Phi) is 3.32. The number of rotatable bonds is 3.